The third kappa shape index (κ3) is 8.55. The first kappa shape index (κ1) is 48.5. The van der Waals surface area contributed by atoms with Crippen molar-refractivity contribution < 1.29 is 25.8 Å². The van der Waals surface area contributed by atoms with Crippen LogP contribution in [0.2, 0.25) is 0 Å². The summed E-state index contributed by atoms with van der Waals surface area (Å²) < 4.78 is 6.70. The largest absolute Gasteiger partial charge is 0.503 e. The summed E-state index contributed by atoms with van der Waals surface area (Å²) in [5.41, 5.74) is 19.8. The molecule has 1 aliphatic heterocycles. The van der Waals surface area contributed by atoms with Gasteiger partial charge in [0.15, 0.2) is 0 Å². The molecule has 9 aromatic carbocycles. The SMILES string of the molecule is CC(C)(C)c1ccc(C2(c3ccnc(-c4[c-]c(Oc5[c-]c(N6[CH-]N(c7c(-c8ccccc8)cc(C(C)(C)C)cc7-c7ccccc7)c7ccccc76)ccc5)ccc4)c3)c3ccccc3-c3ccccc32)cc1.[Pt]. The van der Waals surface area contributed by atoms with E-state index >= 15 is 0 Å². The fourth-order valence-electron chi connectivity index (χ4n) is 11.0. The van der Waals surface area contributed by atoms with Gasteiger partial charge in [0.2, 0.25) is 0 Å². The van der Waals surface area contributed by atoms with E-state index in [4.69, 9.17) is 9.72 Å². The Bertz CT molecular complexity index is 3560. The molecule has 74 heavy (non-hydrogen) atoms. The molecular formula is C69H56N3OPt-3. The van der Waals surface area contributed by atoms with E-state index < -0.39 is 5.41 Å². The molecule has 1 aromatic heterocycles. The van der Waals surface area contributed by atoms with Gasteiger partial charge in [0.05, 0.1) is 5.41 Å². The van der Waals surface area contributed by atoms with Crippen LogP contribution in [0.3, 0.4) is 0 Å². The first-order valence-electron chi connectivity index (χ1n) is 25.3. The Hall–Kier alpha value is -7.78. The molecule has 0 radical (unpaired) electrons. The topological polar surface area (TPSA) is 28.6 Å². The first-order chi connectivity index (χ1) is 35.4. The Kier molecular flexibility index (Phi) is 12.6. The number of anilines is 4. The Balaban J connectivity index is 0.00000588. The maximum Gasteiger partial charge on any atom is 0.0707 e. The predicted octanol–water partition coefficient (Wildman–Crippen LogP) is 17.8. The van der Waals surface area contributed by atoms with Crippen molar-refractivity contribution in [2.75, 3.05) is 9.80 Å². The molecule has 0 spiro atoms. The Labute approximate surface area is 451 Å². The van der Waals surface area contributed by atoms with Crippen LogP contribution >= 0.6 is 0 Å². The maximum atomic E-state index is 6.70. The van der Waals surface area contributed by atoms with Crippen LogP contribution in [0.1, 0.15) is 74.9 Å². The van der Waals surface area contributed by atoms with Crippen molar-refractivity contribution in [3.63, 3.8) is 0 Å². The molecule has 10 aromatic rings. The van der Waals surface area contributed by atoms with E-state index in [9.17, 15) is 0 Å². The molecule has 0 saturated carbocycles. The van der Waals surface area contributed by atoms with E-state index in [-0.39, 0.29) is 31.9 Å². The molecule has 12 rings (SSSR count). The molecule has 0 saturated heterocycles. The van der Waals surface area contributed by atoms with Crippen LogP contribution in [0.4, 0.5) is 22.7 Å². The van der Waals surface area contributed by atoms with Gasteiger partial charge in [-0.1, -0.05) is 199 Å². The van der Waals surface area contributed by atoms with Crippen molar-refractivity contribution in [3.05, 3.63) is 277 Å². The number of hydrogen-bond acceptors (Lipinski definition) is 4. The molecule has 0 N–H and O–H groups in total. The number of para-hydroxylation sites is 2. The Morgan fingerprint density at radius 1 is 0.459 bits per heavy atom. The first-order valence-corrected chi connectivity index (χ1v) is 25.3. The molecule has 0 atom stereocenters. The van der Waals surface area contributed by atoms with E-state index in [1.165, 1.54) is 50.1 Å². The van der Waals surface area contributed by atoms with E-state index in [1.807, 2.05) is 30.5 Å². The van der Waals surface area contributed by atoms with E-state index in [2.05, 4.69) is 264 Å². The van der Waals surface area contributed by atoms with Gasteiger partial charge in [-0.3, -0.25) is 0 Å². The number of nitrogens with zero attached hydrogens (tertiary/aromatic N) is 3. The van der Waals surface area contributed by atoms with Gasteiger partial charge in [0.25, 0.3) is 0 Å². The second kappa shape index (κ2) is 19.2. The number of rotatable bonds is 9. The smallest absolute Gasteiger partial charge is 0.0707 e. The van der Waals surface area contributed by atoms with Crippen molar-refractivity contribution in [2.45, 2.75) is 57.8 Å². The number of hydrogen-bond donors (Lipinski definition) is 0. The van der Waals surface area contributed by atoms with Crippen molar-refractivity contribution in [2.24, 2.45) is 0 Å². The zero-order valence-corrected chi connectivity index (χ0v) is 44.8. The quantitative estimate of drug-likeness (QED) is 0.135. The fraction of sp³-hybridized carbons (Fsp3) is 0.130. The molecule has 1 aliphatic carbocycles. The summed E-state index contributed by atoms with van der Waals surface area (Å²) in [7, 11) is 0. The van der Waals surface area contributed by atoms with Gasteiger partial charge < -0.3 is 19.5 Å². The van der Waals surface area contributed by atoms with Crippen molar-refractivity contribution in [1.29, 1.82) is 0 Å². The molecule has 0 amide bonds. The molecule has 2 aliphatic rings. The van der Waals surface area contributed by atoms with E-state index in [1.54, 1.807) is 0 Å². The molecule has 5 heteroatoms. The summed E-state index contributed by atoms with van der Waals surface area (Å²) in [5.74, 6) is 1.16. The van der Waals surface area contributed by atoms with Gasteiger partial charge in [-0.25, -0.2) is 0 Å². The van der Waals surface area contributed by atoms with Crippen LogP contribution < -0.4 is 14.5 Å². The number of benzene rings is 9. The monoisotopic (exact) mass is 1140 g/mol. The van der Waals surface area contributed by atoms with Crippen LogP contribution in [0, 0.1) is 18.8 Å². The third-order valence-electron chi connectivity index (χ3n) is 14.6. The Morgan fingerprint density at radius 2 is 0.986 bits per heavy atom. The van der Waals surface area contributed by atoms with Gasteiger partial charge in [0, 0.05) is 67.0 Å². The minimum absolute atomic E-state index is 0. The summed E-state index contributed by atoms with van der Waals surface area (Å²) in [5, 5.41) is 0. The van der Waals surface area contributed by atoms with Crippen molar-refractivity contribution in [3.8, 4) is 56.1 Å². The second-order valence-corrected chi connectivity index (χ2v) is 21.3. The number of pyridine rings is 1. The summed E-state index contributed by atoms with van der Waals surface area (Å²) in [6.07, 6.45) is 1.94. The maximum absolute atomic E-state index is 6.70. The van der Waals surface area contributed by atoms with Crippen molar-refractivity contribution in [1.82, 2.24) is 4.98 Å². The van der Waals surface area contributed by atoms with Crippen LogP contribution in [0.15, 0.2) is 225 Å². The minimum Gasteiger partial charge on any atom is -0.503 e. The fourth-order valence-corrected chi connectivity index (χ4v) is 11.0. The second-order valence-electron chi connectivity index (χ2n) is 21.3. The summed E-state index contributed by atoms with van der Waals surface area (Å²) in [6, 6.07) is 85.6. The zero-order chi connectivity index (χ0) is 49.9. The third-order valence-corrected chi connectivity index (χ3v) is 14.6. The number of fused-ring (bicyclic) bond motifs is 4. The van der Waals surface area contributed by atoms with E-state index in [0.717, 1.165) is 50.7 Å². The zero-order valence-electron chi connectivity index (χ0n) is 42.5. The van der Waals surface area contributed by atoms with Crippen molar-refractivity contribution >= 4 is 22.7 Å². The molecule has 0 unspecified atom stereocenters. The normalized spacial score (nSPS) is 13.4. The van der Waals surface area contributed by atoms with Crippen LogP contribution in [0.25, 0.3) is 44.6 Å². The average Bonchev–Trinajstić information content (AvgIpc) is 3.95. The summed E-state index contributed by atoms with van der Waals surface area (Å²) in [4.78, 5) is 9.55. The van der Waals surface area contributed by atoms with Gasteiger partial charge in [-0.15, -0.1) is 54.3 Å². The molecule has 0 bridgehead atoms. The minimum atomic E-state index is -0.562. The molecule has 4 nitrogen and oxygen atoms in total. The van der Waals surface area contributed by atoms with Gasteiger partial charge >= 0.3 is 0 Å². The number of ether oxygens (including phenoxy) is 1. The molecular weight excluding hydrogens is 1080 g/mol. The summed E-state index contributed by atoms with van der Waals surface area (Å²) >= 11 is 0. The van der Waals surface area contributed by atoms with E-state index in [0.29, 0.717) is 11.5 Å². The van der Waals surface area contributed by atoms with Crippen LogP contribution in [-0.2, 0) is 37.3 Å². The van der Waals surface area contributed by atoms with Gasteiger partial charge in [0.1, 0.15) is 0 Å². The molecule has 0 fully saturated rings. The summed E-state index contributed by atoms with van der Waals surface area (Å²) in [6.45, 7) is 15.9. The standard InChI is InChI=1S/C69H56N3O.Pt/c1-67(2,3)50-35-37-51(38-36-50)69(61-31-15-13-29-57(61)58-30-14-16-32-62(58)69)52-39-40-70-63(44-52)49-25-19-27-55(41-49)73-56-28-20-26-54(45-56)71-46-72(65-34-18-17-33-64(65)71)66-59(47-21-9-7-10-22-47)42-53(68(4,5)6)43-60(66)48-23-11-8-12-24-48;/h7-40,42-44,46H,1-6H3;/q-3;. The Morgan fingerprint density at radius 3 is 1.58 bits per heavy atom. The molecule has 2 heterocycles. The average molecular weight is 1140 g/mol. The number of aromatic nitrogens is 1. The molecule has 366 valence electrons. The predicted molar refractivity (Wildman–Crippen MR) is 301 cm³/mol. The van der Waals surface area contributed by atoms with Gasteiger partial charge in [-0.2, -0.15) is 6.07 Å². The van der Waals surface area contributed by atoms with Gasteiger partial charge in [-0.05, 0) is 102 Å². The van der Waals surface area contributed by atoms with Crippen LogP contribution in [0.5, 0.6) is 11.5 Å². The van der Waals surface area contributed by atoms with Crippen LogP contribution in [-0.4, -0.2) is 4.98 Å².